The standard InChI is InChI=1S/C29H28N2O2S/c1-20(2)19-26(31-28(32)24-16-10-12-21-11-6-7-15-23(21)24)29(33)30-25-17-8-9-18-27(25)34-22-13-4-3-5-14-22/h3-18,20,26H,19H2,1-2H3,(H,30,33)(H,31,32)/t26-/m1/s1. The van der Waals surface area contributed by atoms with Crippen LogP contribution in [0.15, 0.2) is 107 Å². The zero-order chi connectivity index (χ0) is 23.9. The Hall–Kier alpha value is -3.57. The second-order valence-electron chi connectivity index (χ2n) is 8.58. The Morgan fingerprint density at radius 3 is 2.26 bits per heavy atom. The molecule has 0 spiro atoms. The van der Waals surface area contributed by atoms with Crippen LogP contribution in [0.2, 0.25) is 0 Å². The molecule has 0 fully saturated rings. The van der Waals surface area contributed by atoms with E-state index in [0.717, 1.165) is 26.3 Å². The summed E-state index contributed by atoms with van der Waals surface area (Å²) in [5.41, 5.74) is 1.30. The number of benzene rings is 4. The van der Waals surface area contributed by atoms with Crippen molar-refractivity contribution in [1.29, 1.82) is 0 Å². The molecule has 2 amide bonds. The number of para-hydroxylation sites is 1. The van der Waals surface area contributed by atoms with Gasteiger partial charge in [0.05, 0.1) is 5.69 Å². The SMILES string of the molecule is CC(C)C[C@@H](NC(=O)c1cccc2ccccc12)C(=O)Nc1ccccc1Sc1ccccc1. The minimum absolute atomic E-state index is 0.219. The molecule has 0 aliphatic carbocycles. The lowest BCUT2D eigenvalue weighted by Crippen LogP contribution is -2.44. The van der Waals surface area contributed by atoms with Gasteiger partial charge < -0.3 is 10.6 Å². The average Bonchev–Trinajstić information content (AvgIpc) is 2.84. The average molecular weight is 469 g/mol. The van der Waals surface area contributed by atoms with Gasteiger partial charge in [0.1, 0.15) is 6.04 Å². The largest absolute Gasteiger partial charge is 0.340 e. The van der Waals surface area contributed by atoms with Gasteiger partial charge in [0, 0.05) is 15.4 Å². The quantitative estimate of drug-likeness (QED) is 0.300. The normalized spacial score (nSPS) is 11.9. The molecule has 0 aliphatic heterocycles. The number of fused-ring (bicyclic) bond motifs is 1. The van der Waals surface area contributed by atoms with Gasteiger partial charge in [-0.2, -0.15) is 0 Å². The van der Waals surface area contributed by atoms with Gasteiger partial charge in [-0.3, -0.25) is 9.59 Å². The minimum atomic E-state index is -0.652. The van der Waals surface area contributed by atoms with E-state index in [2.05, 4.69) is 10.6 Å². The van der Waals surface area contributed by atoms with Crippen LogP contribution in [0.5, 0.6) is 0 Å². The molecule has 0 saturated carbocycles. The number of hydrogen-bond acceptors (Lipinski definition) is 3. The Bertz CT molecular complexity index is 1280. The molecule has 4 aromatic carbocycles. The van der Waals surface area contributed by atoms with Crippen molar-refractivity contribution in [3.05, 3.63) is 103 Å². The van der Waals surface area contributed by atoms with E-state index in [-0.39, 0.29) is 17.7 Å². The van der Waals surface area contributed by atoms with E-state index in [0.29, 0.717) is 12.0 Å². The molecule has 4 rings (SSSR count). The van der Waals surface area contributed by atoms with Crippen LogP contribution in [0.25, 0.3) is 10.8 Å². The van der Waals surface area contributed by atoms with Crippen LogP contribution in [0.4, 0.5) is 5.69 Å². The van der Waals surface area contributed by atoms with Crippen LogP contribution < -0.4 is 10.6 Å². The lowest BCUT2D eigenvalue weighted by atomic mass is 10.0. The molecule has 172 valence electrons. The molecule has 4 aromatic rings. The zero-order valence-electron chi connectivity index (χ0n) is 19.3. The first-order valence-corrected chi connectivity index (χ1v) is 12.2. The highest BCUT2D eigenvalue weighted by Crippen LogP contribution is 2.33. The van der Waals surface area contributed by atoms with E-state index in [1.165, 1.54) is 0 Å². The summed E-state index contributed by atoms with van der Waals surface area (Å²) >= 11 is 1.59. The van der Waals surface area contributed by atoms with Gasteiger partial charge in [-0.1, -0.05) is 92.3 Å². The summed E-state index contributed by atoms with van der Waals surface area (Å²) in [7, 11) is 0. The Balaban J connectivity index is 1.54. The number of carbonyl (C=O) groups excluding carboxylic acids is 2. The molecular formula is C29H28N2O2S. The van der Waals surface area contributed by atoms with Gasteiger partial charge in [-0.15, -0.1) is 0 Å². The second-order valence-corrected chi connectivity index (χ2v) is 9.70. The Morgan fingerprint density at radius 1 is 0.794 bits per heavy atom. The third-order valence-corrected chi connectivity index (χ3v) is 6.56. The van der Waals surface area contributed by atoms with Gasteiger partial charge in [0.25, 0.3) is 5.91 Å². The highest BCUT2D eigenvalue weighted by Gasteiger charge is 2.24. The van der Waals surface area contributed by atoms with Gasteiger partial charge in [-0.25, -0.2) is 0 Å². The minimum Gasteiger partial charge on any atom is -0.340 e. The van der Waals surface area contributed by atoms with E-state index < -0.39 is 6.04 Å². The number of nitrogens with one attached hydrogen (secondary N) is 2. The molecular weight excluding hydrogens is 440 g/mol. The van der Waals surface area contributed by atoms with Crippen LogP contribution in [0.3, 0.4) is 0 Å². The summed E-state index contributed by atoms with van der Waals surface area (Å²) in [4.78, 5) is 28.6. The highest BCUT2D eigenvalue weighted by molar-refractivity contribution is 7.99. The van der Waals surface area contributed by atoms with Crippen molar-refractivity contribution in [2.24, 2.45) is 5.92 Å². The van der Waals surface area contributed by atoms with Crippen molar-refractivity contribution in [2.75, 3.05) is 5.32 Å². The lowest BCUT2D eigenvalue weighted by Gasteiger charge is -2.21. The molecule has 0 heterocycles. The summed E-state index contributed by atoms with van der Waals surface area (Å²) in [5, 5.41) is 7.91. The van der Waals surface area contributed by atoms with Gasteiger partial charge in [0.2, 0.25) is 5.91 Å². The molecule has 0 aromatic heterocycles. The predicted molar refractivity (Wildman–Crippen MR) is 140 cm³/mol. The first-order chi connectivity index (χ1) is 16.5. The van der Waals surface area contributed by atoms with Gasteiger partial charge in [-0.05, 0) is 53.4 Å². The summed E-state index contributed by atoms with van der Waals surface area (Å²) in [6, 6.07) is 30.5. The van der Waals surface area contributed by atoms with Gasteiger partial charge in [0.15, 0.2) is 0 Å². The molecule has 4 nitrogen and oxygen atoms in total. The Kier molecular flexibility index (Phi) is 7.65. The van der Waals surface area contributed by atoms with Gasteiger partial charge >= 0.3 is 0 Å². The fourth-order valence-electron chi connectivity index (χ4n) is 3.86. The van der Waals surface area contributed by atoms with Crippen molar-refractivity contribution in [3.63, 3.8) is 0 Å². The molecule has 34 heavy (non-hydrogen) atoms. The first-order valence-electron chi connectivity index (χ1n) is 11.4. The molecule has 5 heteroatoms. The third-order valence-electron chi connectivity index (χ3n) is 5.48. The maximum atomic E-state index is 13.3. The fourth-order valence-corrected chi connectivity index (χ4v) is 4.78. The molecule has 2 N–H and O–H groups in total. The van der Waals surface area contributed by atoms with Crippen molar-refractivity contribution < 1.29 is 9.59 Å². The maximum Gasteiger partial charge on any atom is 0.252 e. The third kappa shape index (κ3) is 5.86. The van der Waals surface area contributed by atoms with E-state index in [9.17, 15) is 9.59 Å². The Labute approximate surface area is 204 Å². The predicted octanol–water partition coefficient (Wildman–Crippen LogP) is 6.77. The topological polar surface area (TPSA) is 58.2 Å². The maximum absolute atomic E-state index is 13.3. The summed E-state index contributed by atoms with van der Waals surface area (Å²) in [6.45, 7) is 4.09. The molecule has 0 unspecified atom stereocenters. The van der Waals surface area contributed by atoms with E-state index in [1.54, 1.807) is 17.8 Å². The van der Waals surface area contributed by atoms with Crippen LogP contribution in [0, 0.1) is 5.92 Å². The number of amides is 2. The van der Waals surface area contributed by atoms with E-state index in [1.807, 2.05) is 105 Å². The highest BCUT2D eigenvalue weighted by atomic mass is 32.2. The number of hydrogen-bond donors (Lipinski definition) is 2. The zero-order valence-corrected chi connectivity index (χ0v) is 20.1. The van der Waals surface area contributed by atoms with E-state index in [4.69, 9.17) is 0 Å². The van der Waals surface area contributed by atoms with E-state index >= 15 is 0 Å². The number of anilines is 1. The van der Waals surface area contributed by atoms with Crippen molar-refractivity contribution in [1.82, 2.24) is 5.32 Å². The van der Waals surface area contributed by atoms with Crippen molar-refractivity contribution in [2.45, 2.75) is 36.1 Å². The van der Waals surface area contributed by atoms with Crippen molar-refractivity contribution in [3.8, 4) is 0 Å². The fraction of sp³-hybridized carbons (Fsp3) is 0.172. The second kappa shape index (κ2) is 11.0. The summed E-state index contributed by atoms with van der Waals surface area (Å²) in [6.07, 6.45) is 0.538. The molecule has 1 atom stereocenters. The monoisotopic (exact) mass is 468 g/mol. The van der Waals surface area contributed by atoms with Crippen LogP contribution in [-0.2, 0) is 4.79 Å². The summed E-state index contributed by atoms with van der Waals surface area (Å²) in [5.74, 6) is -0.231. The van der Waals surface area contributed by atoms with Crippen LogP contribution in [0.1, 0.15) is 30.6 Å². The van der Waals surface area contributed by atoms with Crippen LogP contribution >= 0.6 is 11.8 Å². The molecule has 0 bridgehead atoms. The number of carbonyl (C=O) groups is 2. The van der Waals surface area contributed by atoms with Crippen molar-refractivity contribution >= 4 is 40.0 Å². The number of rotatable bonds is 8. The summed E-state index contributed by atoms with van der Waals surface area (Å²) < 4.78 is 0. The molecule has 0 radical (unpaired) electrons. The molecule has 0 aliphatic rings. The lowest BCUT2D eigenvalue weighted by molar-refractivity contribution is -0.118. The first kappa shape index (κ1) is 23.6. The molecule has 0 saturated heterocycles. The smallest absolute Gasteiger partial charge is 0.252 e. The van der Waals surface area contributed by atoms with Crippen LogP contribution in [-0.4, -0.2) is 17.9 Å². The Morgan fingerprint density at radius 2 is 1.47 bits per heavy atom.